The Labute approximate surface area is 192 Å². The van der Waals surface area contributed by atoms with E-state index in [1.807, 2.05) is 38.3 Å². The van der Waals surface area contributed by atoms with Gasteiger partial charge in [-0.15, -0.1) is 18.8 Å². The number of hydrogen-bond donors (Lipinski definition) is 2. The molecule has 0 bridgehead atoms. The Balaban J connectivity index is 0.000000591. The minimum atomic E-state index is 0.610. The van der Waals surface area contributed by atoms with E-state index < -0.39 is 0 Å². The molecular formula is C25H37BrN4. The van der Waals surface area contributed by atoms with E-state index in [-0.39, 0.29) is 0 Å². The third-order valence-electron chi connectivity index (χ3n) is 4.15. The van der Waals surface area contributed by atoms with E-state index in [0.717, 1.165) is 47.8 Å². The van der Waals surface area contributed by atoms with Crippen LogP contribution in [-0.4, -0.2) is 43.3 Å². The normalized spacial score (nSPS) is 19.5. The van der Waals surface area contributed by atoms with Crippen molar-refractivity contribution in [2.75, 3.05) is 26.2 Å². The fourth-order valence-electron chi connectivity index (χ4n) is 2.85. The van der Waals surface area contributed by atoms with Crippen LogP contribution in [0.1, 0.15) is 47.0 Å². The molecule has 0 aromatic heterocycles. The SMILES string of the molecule is C#CC.C#CC1=C(N2CCCCC(C)NCC2)N=CCN1.C=C(C)/C=C(Br)\C=C/C. The molecule has 1 fully saturated rings. The van der Waals surface area contributed by atoms with Crippen molar-refractivity contribution in [3.63, 3.8) is 0 Å². The van der Waals surface area contributed by atoms with E-state index in [1.165, 1.54) is 19.3 Å². The summed E-state index contributed by atoms with van der Waals surface area (Å²) >= 11 is 3.35. The van der Waals surface area contributed by atoms with Crippen molar-refractivity contribution in [1.29, 1.82) is 0 Å². The number of nitrogens with one attached hydrogen (secondary N) is 2. The van der Waals surface area contributed by atoms with Crippen molar-refractivity contribution in [3.05, 3.63) is 46.4 Å². The van der Waals surface area contributed by atoms with Gasteiger partial charge < -0.3 is 15.5 Å². The highest BCUT2D eigenvalue weighted by Crippen LogP contribution is 2.15. The minimum Gasteiger partial charge on any atom is -0.370 e. The molecule has 4 nitrogen and oxygen atoms in total. The van der Waals surface area contributed by atoms with Crippen molar-refractivity contribution in [2.45, 2.75) is 53.0 Å². The molecule has 0 aromatic carbocycles. The van der Waals surface area contributed by atoms with Crippen molar-refractivity contribution in [3.8, 4) is 24.7 Å². The quantitative estimate of drug-likeness (QED) is 0.449. The van der Waals surface area contributed by atoms with Crippen LogP contribution in [-0.2, 0) is 0 Å². The summed E-state index contributed by atoms with van der Waals surface area (Å²) in [5, 5.41) is 6.75. The summed E-state index contributed by atoms with van der Waals surface area (Å²) in [7, 11) is 0. The number of rotatable bonds is 3. The van der Waals surface area contributed by atoms with Crippen LogP contribution < -0.4 is 10.6 Å². The summed E-state index contributed by atoms with van der Waals surface area (Å²) in [6, 6.07) is 0.610. The maximum atomic E-state index is 5.54. The van der Waals surface area contributed by atoms with Crippen molar-refractivity contribution in [1.82, 2.24) is 15.5 Å². The number of allylic oxidation sites excluding steroid dienone is 6. The molecular weight excluding hydrogens is 436 g/mol. The lowest BCUT2D eigenvalue weighted by Crippen LogP contribution is -2.36. The molecule has 1 saturated heterocycles. The predicted molar refractivity (Wildman–Crippen MR) is 136 cm³/mol. The maximum absolute atomic E-state index is 5.54. The monoisotopic (exact) mass is 472 g/mol. The Morgan fingerprint density at radius 1 is 1.37 bits per heavy atom. The smallest absolute Gasteiger partial charge is 0.160 e. The van der Waals surface area contributed by atoms with Crippen molar-refractivity contribution < 1.29 is 0 Å². The van der Waals surface area contributed by atoms with Gasteiger partial charge in [0.15, 0.2) is 5.82 Å². The Hall–Kier alpha value is -2.21. The third-order valence-corrected chi connectivity index (χ3v) is 4.64. The zero-order valence-electron chi connectivity index (χ0n) is 19.0. The largest absolute Gasteiger partial charge is 0.370 e. The van der Waals surface area contributed by atoms with Crippen molar-refractivity contribution >= 4 is 22.1 Å². The van der Waals surface area contributed by atoms with E-state index in [4.69, 9.17) is 6.42 Å². The highest BCUT2D eigenvalue weighted by Gasteiger charge is 2.16. The molecule has 0 amide bonds. The van der Waals surface area contributed by atoms with Gasteiger partial charge >= 0.3 is 0 Å². The Bertz CT molecular complexity index is 716. The molecule has 164 valence electrons. The van der Waals surface area contributed by atoms with Gasteiger partial charge in [0.05, 0.1) is 6.54 Å². The summed E-state index contributed by atoms with van der Waals surface area (Å²) in [5.41, 5.74) is 1.88. The molecule has 1 atom stereocenters. The lowest BCUT2D eigenvalue weighted by molar-refractivity contribution is 0.333. The molecule has 2 aliphatic rings. The average Bonchev–Trinajstić information content (AvgIpc) is 2.80. The van der Waals surface area contributed by atoms with Gasteiger partial charge in [-0.3, -0.25) is 0 Å². The molecule has 0 saturated carbocycles. The lowest BCUT2D eigenvalue weighted by atomic mass is 10.1. The fraction of sp³-hybridized carbons (Fsp3) is 0.480. The Morgan fingerprint density at radius 2 is 2.07 bits per heavy atom. The van der Waals surface area contributed by atoms with Gasteiger partial charge in [0.2, 0.25) is 0 Å². The van der Waals surface area contributed by atoms with Gasteiger partial charge in [0, 0.05) is 36.4 Å². The molecule has 1 unspecified atom stereocenters. The van der Waals surface area contributed by atoms with Gasteiger partial charge in [-0.1, -0.05) is 46.7 Å². The van der Waals surface area contributed by atoms with Crippen LogP contribution in [0, 0.1) is 24.7 Å². The summed E-state index contributed by atoms with van der Waals surface area (Å²) < 4.78 is 1.07. The molecule has 2 N–H and O–H groups in total. The third kappa shape index (κ3) is 13.1. The van der Waals surface area contributed by atoms with Gasteiger partial charge in [0.1, 0.15) is 5.70 Å². The molecule has 5 heteroatoms. The number of halogens is 1. The van der Waals surface area contributed by atoms with Crippen LogP contribution in [0.25, 0.3) is 0 Å². The molecule has 2 rings (SSSR count). The molecule has 2 aliphatic heterocycles. The number of aliphatic imine (C=N–C) groups is 1. The highest BCUT2D eigenvalue weighted by atomic mass is 79.9. The van der Waals surface area contributed by atoms with Crippen LogP contribution in [0.4, 0.5) is 0 Å². The standard InChI is InChI=1S/C14H22N4.C8H11Br.C3H4/c1-3-13-14(17-8-7-16-13)18-10-5-4-6-12(2)15-9-11-18;1-4-5-8(9)6-7(2)3;1-3-2/h1,8,12,15-16H,4-7,9-11H2,2H3;4-6H,2H2,1,3H3;1H,2H3/b;5-4-,8-6+;. The molecule has 0 aromatic rings. The first-order valence-corrected chi connectivity index (χ1v) is 11.2. The van der Waals surface area contributed by atoms with Gasteiger partial charge in [-0.2, -0.15) is 0 Å². The predicted octanol–water partition coefficient (Wildman–Crippen LogP) is 4.98. The topological polar surface area (TPSA) is 39.7 Å². The van der Waals surface area contributed by atoms with E-state index in [9.17, 15) is 0 Å². The van der Waals surface area contributed by atoms with Crippen LogP contribution in [0.5, 0.6) is 0 Å². The maximum Gasteiger partial charge on any atom is 0.160 e. The van der Waals surface area contributed by atoms with Crippen LogP contribution >= 0.6 is 15.9 Å². The first-order chi connectivity index (χ1) is 14.4. The van der Waals surface area contributed by atoms with E-state index in [0.29, 0.717) is 6.04 Å². The van der Waals surface area contributed by atoms with Crippen molar-refractivity contribution in [2.24, 2.45) is 4.99 Å². The summed E-state index contributed by atoms with van der Waals surface area (Å²) in [5.74, 6) is 5.89. The van der Waals surface area contributed by atoms with Crippen LogP contribution in [0.3, 0.4) is 0 Å². The molecule has 30 heavy (non-hydrogen) atoms. The molecule has 0 spiro atoms. The van der Waals surface area contributed by atoms with Gasteiger partial charge in [-0.25, -0.2) is 4.99 Å². The minimum absolute atomic E-state index is 0.610. The lowest BCUT2D eigenvalue weighted by Gasteiger charge is -2.27. The van der Waals surface area contributed by atoms with Crippen LogP contribution in [0.2, 0.25) is 0 Å². The first kappa shape index (κ1) is 27.8. The van der Waals surface area contributed by atoms with Gasteiger partial charge in [0.25, 0.3) is 0 Å². The summed E-state index contributed by atoms with van der Waals surface area (Å²) in [4.78, 5) is 6.77. The number of terminal acetylenes is 2. The fourth-order valence-corrected chi connectivity index (χ4v) is 3.50. The number of hydrogen-bond acceptors (Lipinski definition) is 4. The highest BCUT2D eigenvalue weighted by molar-refractivity contribution is 9.11. The second-order valence-electron chi connectivity index (χ2n) is 7.04. The number of nitrogens with zero attached hydrogens (tertiary/aromatic N) is 2. The zero-order valence-corrected chi connectivity index (χ0v) is 20.6. The Kier molecular flexibility index (Phi) is 16.3. The summed E-state index contributed by atoms with van der Waals surface area (Å²) in [6.45, 7) is 15.3. The Morgan fingerprint density at radius 3 is 2.67 bits per heavy atom. The first-order valence-electron chi connectivity index (χ1n) is 10.4. The molecule has 0 radical (unpaired) electrons. The van der Waals surface area contributed by atoms with Crippen LogP contribution in [0.15, 0.2) is 51.4 Å². The molecule has 2 heterocycles. The second-order valence-corrected chi connectivity index (χ2v) is 7.95. The van der Waals surface area contributed by atoms with E-state index in [1.54, 1.807) is 6.92 Å². The summed E-state index contributed by atoms with van der Waals surface area (Å²) in [6.07, 6.45) is 21.6. The molecule has 0 aliphatic carbocycles. The van der Waals surface area contributed by atoms with Gasteiger partial charge in [-0.05, 0) is 52.5 Å². The second kappa shape index (κ2) is 17.6. The van der Waals surface area contributed by atoms with E-state index >= 15 is 0 Å². The van der Waals surface area contributed by atoms with E-state index in [2.05, 4.69) is 68.2 Å². The zero-order chi connectivity index (χ0) is 22.8. The average molecular weight is 474 g/mol.